The molecule has 2 unspecified atom stereocenters. The van der Waals surface area contributed by atoms with Crippen LogP contribution in [0.5, 0.6) is 5.75 Å². The van der Waals surface area contributed by atoms with Crippen LogP contribution in [0.4, 0.5) is 0 Å². The second-order valence-corrected chi connectivity index (χ2v) is 8.23. The van der Waals surface area contributed by atoms with Crippen LogP contribution in [0.2, 0.25) is 0 Å². The first-order chi connectivity index (χ1) is 15.2. The molecule has 0 bridgehead atoms. The molecule has 0 fully saturated rings. The van der Waals surface area contributed by atoms with Gasteiger partial charge in [-0.3, -0.25) is 4.99 Å². The van der Waals surface area contributed by atoms with Crippen molar-refractivity contribution in [3.63, 3.8) is 0 Å². The molecule has 170 valence electrons. The predicted octanol–water partition coefficient (Wildman–Crippen LogP) is 3.83. The number of dihydropyridines is 1. The minimum atomic E-state index is -0.645. The van der Waals surface area contributed by atoms with E-state index in [2.05, 4.69) is 10.3 Å². The van der Waals surface area contributed by atoms with E-state index in [4.69, 9.17) is 14.2 Å². The largest absolute Gasteiger partial charge is 0.497 e. The van der Waals surface area contributed by atoms with Gasteiger partial charge in [0.25, 0.3) is 0 Å². The molecule has 0 saturated heterocycles. The van der Waals surface area contributed by atoms with Gasteiger partial charge in [-0.1, -0.05) is 18.2 Å². The van der Waals surface area contributed by atoms with E-state index in [0.29, 0.717) is 34.7 Å². The standard InChI is InChI=1S/C25H30N2O5/c1-15-10-11-25(4,27-15)12-13-32-24(29)21-17(3)26-16(2)20(23(28)31-6)22(21)18-8-7-9-19(14-18)30-5/h7-11,14,22,26H,12-13H2,1-6H3. The van der Waals surface area contributed by atoms with E-state index in [1.54, 1.807) is 21.0 Å². The van der Waals surface area contributed by atoms with Crippen LogP contribution in [-0.2, 0) is 19.1 Å². The number of allylic oxidation sites excluding steroid dienone is 3. The lowest BCUT2D eigenvalue weighted by Crippen LogP contribution is -2.32. The number of carbonyl (C=O) groups is 2. The zero-order valence-electron chi connectivity index (χ0n) is 19.4. The average Bonchev–Trinajstić information content (AvgIpc) is 3.11. The minimum Gasteiger partial charge on any atom is -0.497 e. The molecule has 1 N–H and O–H groups in total. The number of benzene rings is 1. The second-order valence-electron chi connectivity index (χ2n) is 8.23. The van der Waals surface area contributed by atoms with Crippen molar-refractivity contribution < 1.29 is 23.8 Å². The van der Waals surface area contributed by atoms with Crippen LogP contribution in [0.3, 0.4) is 0 Å². The molecule has 32 heavy (non-hydrogen) atoms. The highest BCUT2D eigenvalue weighted by molar-refractivity contribution is 6.00. The van der Waals surface area contributed by atoms with E-state index in [1.165, 1.54) is 7.11 Å². The molecule has 2 heterocycles. The third-order valence-corrected chi connectivity index (χ3v) is 5.77. The zero-order valence-corrected chi connectivity index (χ0v) is 19.4. The Morgan fingerprint density at radius 3 is 2.38 bits per heavy atom. The molecule has 0 radical (unpaired) electrons. The lowest BCUT2D eigenvalue weighted by atomic mass is 9.80. The Morgan fingerprint density at radius 1 is 1.09 bits per heavy atom. The molecular formula is C25H30N2O5. The van der Waals surface area contributed by atoms with Crippen molar-refractivity contribution in [1.82, 2.24) is 5.32 Å². The Balaban J connectivity index is 1.92. The molecule has 7 heteroatoms. The molecule has 1 aromatic carbocycles. The van der Waals surface area contributed by atoms with Crippen LogP contribution >= 0.6 is 0 Å². The number of rotatable bonds is 7. The van der Waals surface area contributed by atoms with Crippen molar-refractivity contribution in [2.75, 3.05) is 20.8 Å². The molecule has 2 atom stereocenters. The first-order valence-electron chi connectivity index (χ1n) is 10.5. The van der Waals surface area contributed by atoms with Crippen LogP contribution in [0, 0.1) is 0 Å². The number of nitrogens with one attached hydrogen (secondary N) is 1. The summed E-state index contributed by atoms with van der Waals surface area (Å²) < 4.78 is 16.1. The number of ether oxygens (including phenoxy) is 3. The summed E-state index contributed by atoms with van der Waals surface area (Å²) in [7, 11) is 2.90. The van der Waals surface area contributed by atoms with Crippen LogP contribution in [0.15, 0.2) is 64.0 Å². The summed E-state index contributed by atoms with van der Waals surface area (Å²) in [6.45, 7) is 7.74. The van der Waals surface area contributed by atoms with Crippen molar-refractivity contribution in [2.24, 2.45) is 4.99 Å². The maximum Gasteiger partial charge on any atom is 0.336 e. The molecule has 0 amide bonds. The van der Waals surface area contributed by atoms with Crippen molar-refractivity contribution in [2.45, 2.75) is 45.6 Å². The summed E-state index contributed by atoms with van der Waals surface area (Å²) in [6, 6.07) is 7.31. The summed E-state index contributed by atoms with van der Waals surface area (Å²) in [5.41, 5.74) is 3.32. The minimum absolute atomic E-state index is 0.203. The van der Waals surface area contributed by atoms with E-state index in [9.17, 15) is 9.59 Å². The molecule has 1 aromatic rings. The Morgan fingerprint density at radius 2 is 1.78 bits per heavy atom. The van der Waals surface area contributed by atoms with Gasteiger partial charge in [-0.05, 0) is 51.5 Å². The van der Waals surface area contributed by atoms with E-state index in [-0.39, 0.29) is 12.1 Å². The highest BCUT2D eigenvalue weighted by atomic mass is 16.5. The fourth-order valence-corrected chi connectivity index (χ4v) is 4.14. The predicted molar refractivity (Wildman–Crippen MR) is 123 cm³/mol. The molecular weight excluding hydrogens is 408 g/mol. The molecule has 0 aromatic heterocycles. The van der Waals surface area contributed by atoms with Crippen LogP contribution in [0.25, 0.3) is 0 Å². The van der Waals surface area contributed by atoms with Crippen LogP contribution < -0.4 is 10.1 Å². The smallest absolute Gasteiger partial charge is 0.336 e. The zero-order chi connectivity index (χ0) is 23.5. The highest BCUT2D eigenvalue weighted by Crippen LogP contribution is 2.40. The lowest BCUT2D eigenvalue weighted by Gasteiger charge is -2.30. The van der Waals surface area contributed by atoms with Gasteiger partial charge >= 0.3 is 11.9 Å². The van der Waals surface area contributed by atoms with E-state index >= 15 is 0 Å². The second kappa shape index (κ2) is 9.42. The molecule has 2 aliphatic rings. The van der Waals surface area contributed by atoms with Gasteiger partial charge in [0.1, 0.15) is 5.75 Å². The summed E-state index contributed by atoms with van der Waals surface area (Å²) in [4.78, 5) is 30.6. The first-order valence-corrected chi connectivity index (χ1v) is 10.5. The molecule has 2 aliphatic heterocycles. The quantitative estimate of drug-likeness (QED) is 0.652. The van der Waals surface area contributed by atoms with Crippen molar-refractivity contribution in [3.05, 3.63) is 64.5 Å². The van der Waals surface area contributed by atoms with Gasteiger partial charge in [-0.25, -0.2) is 9.59 Å². The molecule has 3 rings (SSSR count). The Kier molecular flexibility index (Phi) is 6.87. The highest BCUT2D eigenvalue weighted by Gasteiger charge is 2.38. The lowest BCUT2D eigenvalue weighted by molar-refractivity contribution is -0.139. The maximum absolute atomic E-state index is 13.3. The number of nitrogens with zero attached hydrogens (tertiary/aromatic N) is 1. The third kappa shape index (κ3) is 4.77. The van der Waals surface area contributed by atoms with Gasteiger partial charge in [0.2, 0.25) is 0 Å². The summed E-state index contributed by atoms with van der Waals surface area (Å²) in [5.74, 6) is -1.01. The Labute approximate surface area is 188 Å². The fraction of sp³-hybridized carbons (Fsp3) is 0.400. The monoisotopic (exact) mass is 438 g/mol. The van der Waals surface area contributed by atoms with E-state index in [0.717, 1.165) is 11.3 Å². The van der Waals surface area contributed by atoms with Crippen molar-refractivity contribution in [3.8, 4) is 5.75 Å². The molecule has 7 nitrogen and oxygen atoms in total. The van der Waals surface area contributed by atoms with Gasteiger partial charge in [-0.2, -0.15) is 0 Å². The Bertz CT molecular complexity index is 1050. The SMILES string of the molecule is COC(=O)C1=C(C)NC(C)=C(C(=O)OCCC2(C)C=CC(C)=N2)C1c1cccc(OC)c1. The van der Waals surface area contributed by atoms with Crippen LogP contribution in [-0.4, -0.2) is 44.0 Å². The van der Waals surface area contributed by atoms with E-state index < -0.39 is 17.9 Å². The number of hydrogen-bond donors (Lipinski definition) is 1. The number of hydrogen-bond acceptors (Lipinski definition) is 7. The van der Waals surface area contributed by atoms with Gasteiger partial charge in [0.05, 0.1) is 43.4 Å². The number of carbonyl (C=O) groups excluding carboxylic acids is 2. The normalized spacial score (nSPS) is 22.4. The van der Waals surface area contributed by atoms with Gasteiger partial charge in [0.15, 0.2) is 0 Å². The molecule has 0 saturated carbocycles. The number of esters is 2. The van der Waals surface area contributed by atoms with E-state index in [1.807, 2.05) is 50.3 Å². The summed E-state index contributed by atoms with van der Waals surface area (Å²) in [6.07, 6.45) is 4.55. The first kappa shape index (κ1) is 23.3. The topological polar surface area (TPSA) is 86.2 Å². The Hall–Kier alpha value is -3.35. The van der Waals surface area contributed by atoms with Gasteiger partial charge in [-0.15, -0.1) is 0 Å². The summed E-state index contributed by atoms with van der Waals surface area (Å²) >= 11 is 0. The number of aliphatic imine (C=N–C) groups is 1. The van der Waals surface area contributed by atoms with Gasteiger partial charge < -0.3 is 19.5 Å². The average molecular weight is 439 g/mol. The summed E-state index contributed by atoms with van der Waals surface area (Å²) in [5, 5.41) is 3.14. The van der Waals surface area contributed by atoms with Gasteiger partial charge in [0, 0.05) is 23.5 Å². The fourth-order valence-electron chi connectivity index (χ4n) is 4.14. The molecule has 0 spiro atoms. The molecule has 0 aliphatic carbocycles. The maximum atomic E-state index is 13.3. The van der Waals surface area contributed by atoms with Crippen LogP contribution in [0.1, 0.15) is 45.6 Å². The van der Waals surface area contributed by atoms with Crippen molar-refractivity contribution in [1.29, 1.82) is 0 Å². The van der Waals surface area contributed by atoms with Crippen molar-refractivity contribution >= 4 is 17.7 Å². The third-order valence-electron chi connectivity index (χ3n) is 5.77. The number of methoxy groups -OCH3 is 2.